The van der Waals surface area contributed by atoms with E-state index in [4.69, 9.17) is 4.42 Å². The first-order chi connectivity index (χ1) is 27.2. The van der Waals surface area contributed by atoms with E-state index in [0.29, 0.717) is 0 Å². The molecule has 2 aromatic heterocycles. The van der Waals surface area contributed by atoms with Crippen molar-refractivity contribution in [2.24, 2.45) is 0 Å². The van der Waals surface area contributed by atoms with Gasteiger partial charge in [-0.15, -0.1) is 11.3 Å². The molecule has 0 spiro atoms. The summed E-state index contributed by atoms with van der Waals surface area (Å²) in [7, 11) is 0. The van der Waals surface area contributed by atoms with Gasteiger partial charge in [-0.2, -0.15) is 0 Å². The summed E-state index contributed by atoms with van der Waals surface area (Å²) in [6.45, 7) is 0. The molecule has 2 heterocycles. The minimum Gasteiger partial charge on any atom is -0.456 e. The van der Waals surface area contributed by atoms with Crippen LogP contribution in [-0.4, -0.2) is 0 Å². The van der Waals surface area contributed by atoms with Crippen LogP contribution in [-0.2, 0) is 0 Å². The second-order valence-electron chi connectivity index (χ2n) is 14.1. The van der Waals surface area contributed by atoms with E-state index in [1.54, 1.807) is 0 Å². The lowest BCUT2D eigenvalue weighted by Gasteiger charge is -2.26. The van der Waals surface area contributed by atoms with Gasteiger partial charge < -0.3 is 9.32 Å². The molecule has 55 heavy (non-hydrogen) atoms. The largest absolute Gasteiger partial charge is 0.456 e. The number of nitrogens with zero attached hydrogens (tertiary/aromatic N) is 1. The SMILES string of the molecule is c1cc(-c2cccc3oc4ccccc4c23)cc(N(c2ccc(-c3ccc(-c4ccc5ccccc5c4)cc3)cc2)c2ccc3sc4ccccc4c3c2)c1. The van der Waals surface area contributed by atoms with Crippen molar-refractivity contribution in [2.75, 3.05) is 4.90 Å². The van der Waals surface area contributed by atoms with Crippen molar-refractivity contribution in [1.29, 1.82) is 0 Å². The fourth-order valence-corrected chi connectivity index (χ4v) is 9.24. The van der Waals surface area contributed by atoms with Crippen molar-refractivity contribution < 1.29 is 4.42 Å². The molecule has 0 saturated heterocycles. The lowest BCUT2D eigenvalue weighted by Crippen LogP contribution is -2.10. The van der Waals surface area contributed by atoms with E-state index < -0.39 is 0 Å². The molecule has 11 rings (SSSR count). The Morgan fingerprint density at radius 3 is 1.82 bits per heavy atom. The average Bonchev–Trinajstić information content (AvgIpc) is 3.82. The van der Waals surface area contributed by atoms with Crippen LogP contribution in [0.3, 0.4) is 0 Å². The number of thiophene rings is 1. The third kappa shape index (κ3) is 5.48. The monoisotopic (exact) mass is 719 g/mol. The average molecular weight is 720 g/mol. The van der Waals surface area contributed by atoms with Crippen LogP contribution in [0.15, 0.2) is 205 Å². The maximum Gasteiger partial charge on any atom is 0.136 e. The van der Waals surface area contributed by atoms with Crippen LogP contribution in [0.25, 0.3) is 86.3 Å². The molecule has 2 nitrogen and oxygen atoms in total. The quantitative estimate of drug-likeness (QED) is 0.170. The second kappa shape index (κ2) is 12.9. The molecule has 0 amide bonds. The molecule has 0 aliphatic carbocycles. The molecule has 0 unspecified atom stereocenters. The Morgan fingerprint density at radius 2 is 0.964 bits per heavy atom. The summed E-state index contributed by atoms with van der Waals surface area (Å²) in [6, 6.07) is 72.3. The summed E-state index contributed by atoms with van der Waals surface area (Å²) < 4.78 is 8.88. The van der Waals surface area contributed by atoms with E-state index in [2.05, 4.69) is 193 Å². The van der Waals surface area contributed by atoms with E-state index in [1.165, 1.54) is 53.2 Å². The summed E-state index contributed by atoms with van der Waals surface area (Å²) >= 11 is 1.85. The molecule has 0 fully saturated rings. The Labute approximate surface area is 322 Å². The Kier molecular flexibility index (Phi) is 7.39. The topological polar surface area (TPSA) is 16.4 Å². The van der Waals surface area contributed by atoms with Crippen LogP contribution in [0.4, 0.5) is 17.1 Å². The Hall–Kier alpha value is -6.94. The number of para-hydroxylation sites is 1. The van der Waals surface area contributed by atoms with Gasteiger partial charge in [-0.25, -0.2) is 0 Å². The van der Waals surface area contributed by atoms with E-state index in [9.17, 15) is 0 Å². The zero-order valence-electron chi connectivity index (χ0n) is 29.8. The molecule has 0 atom stereocenters. The molecule has 0 bridgehead atoms. The first kappa shape index (κ1) is 31.6. The molecule has 9 aromatic carbocycles. The fourth-order valence-electron chi connectivity index (χ4n) is 8.16. The maximum atomic E-state index is 6.28. The molecule has 0 aliphatic heterocycles. The molecular weight excluding hydrogens is 687 g/mol. The van der Waals surface area contributed by atoms with E-state index in [1.807, 2.05) is 23.5 Å². The van der Waals surface area contributed by atoms with E-state index in [0.717, 1.165) is 50.1 Å². The summed E-state index contributed by atoms with van der Waals surface area (Å²) in [6.07, 6.45) is 0. The number of anilines is 3. The van der Waals surface area contributed by atoms with Gasteiger partial charge in [-0.3, -0.25) is 0 Å². The summed E-state index contributed by atoms with van der Waals surface area (Å²) in [5.74, 6) is 0. The van der Waals surface area contributed by atoms with Crippen LogP contribution < -0.4 is 4.90 Å². The Morgan fingerprint density at radius 1 is 0.345 bits per heavy atom. The van der Waals surface area contributed by atoms with Gasteiger partial charge in [0.1, 0.15) is 11.2 Å². The Bertz CT molecular complexity index is 3210. The number of furan rings is 1. The van der Waals surface area contributed by atoms with Crippen LogP contribution in [0.2, 0.25) is 0 Å². The Balaban J connectivity index is 1.00. The number of hydrogen-bond acceptors (Lipinski definition) is 3. The predicted octanol–water partition coefficient (Wildman–Crippen LogP) is 15.6. The van der Waals surface area contributed by atoms with E-state index in [-0.39, 0.29) is 0 Å². The highest BCUT2D eigenvalue weighted by molar-refractivity contribution is 7.25. The highest BCUT2D eigenvalue weighted by Gasteiger charge is 2.18. The first-order valence-electron chi connectivity index (χ1n) is 18.7. The van der Waals surface area contributed by atoms with Crippen LogP contribution >= 0.6 is 11.3 Å². The van der Waals surface area contributed by atoms with Crippen molar-refractivity contribution >= 4 is 81.3 Å². The third-order valence-corrected chi connectivity index (χ3v) is 12.0. The van der Waals surface area contributed by atoms with Gasteiger partial charge >= 0.3 is 0 Å². The zero-order valence-corrected chi connectivity index (χ0v) is 30.6. The molecule has 0 radical (unpaired) electrons. The highest BCUT2D eigenvalue weighted by atomic mass is 32.1. The minimum atomic E-state index is 0.900. The molecule has 0 aliphatic rings. The van der Waals surface area contributed by atoms with Gasteiger partial charge in [-0.1, -0.05) is 133 Å². The first-order valence-corrected chi connectivity index (χ1v) is 19.5. The van der Waals surface area contributed by atoms with Gasteiger partial charge in [0, 0.05) is 48.0 Å². The third-order valence-electron chi connectivity index (χ3n) is 10.9. The summed E-state index contributed by atoms with van der Waals surface area (Å²) in [4.78, 5) is 2.38. The van der Waals surface area contributed by atoms with E-state index >= 15 is 0 Å². The van der Waals surface area contributed by atoms with Gasteiger partial charge in [0.2, 0.25) is 0 Å². The van der Waals surface area contributed by atoms with Crippen LogP contribution in [0, 0.1) is 0 Å². The minimum absolute atomic E-state index is 0.900. The fraction of sp³-hybridized carbons (Fsp3) is 0. The molecule has 0 saturated carbocycles. The molecule has 3 heteroatoms. The summed E-state index contributed by atoms with van der Waals surface area (Å²) in [5, 5.41) is 7.36. The van der Waals surface area contributed by atoms with Crippen molar-refractivity contribution in [3.05, 3.63) is 200 Å². The van der Waals surface area contributed by atoms with Crippen LogP contribution in [0.5, 0.6) is 0 Å². The molecule has 258 valence electrons. The summed E-state index contributed by atoms with van der Waals surface area (Å²) in [5.41, 5.74) is 12.2. The van der Waals surface area contributed by atoms with Crippen molar-refractivity contribution in [1.82, 2.24) is 0 Å². The predicted molar refractivity (Wildman–Crippen MR) is 235 cm³/mol. The zero-order chi connectivity index (χ0) is 36.3. The number of fused-ring (bicyclic) bond motifs is 7. The molecule has 11 aromatic rings. The normalized spacial score (nSPS) is 11.6. The number of hydrogen-bond donors (Lipinski definition) is 0. The van der Waals surface area contributed by atoms with Gasteiger partial charge in [-0.05, 0) is 111 Å². The van der Waals surface area contributed by atoms with Gasteiger partial charge in [0.15, 0.2) is 0 Å². The van der Waals surface area contributed by atoms with Gasteiger partial charge in [0.25, 0.3) is 0 Å². The van der Waals surface area contributed by atoms with Crippen molar-refractivity contribution in [2.45, 2.75) is 0 Å². The lowest BCUT2D eigenvalue weighted by molar-refractivity contribution is 0.669. The highest BCUT2D eigenvalue weighted by Crippen LogP contribution is 2.43. The standard InChI is InChI=1S/C52H33NOS/c1-2-10-38-31-39(24-23-34(38)9-1)37-21-19-35(20-22-37)36-25-27-41(28-26-36)53(43-29-30-51-47(33-43)45-13-4-6-18-50(45)55-51)42-12-7-11-40(32-42)44-15-8-17-49-52(44)46-14-3-5-16-48(46)54-49/h1-33H. The van der Waals surface area contributed by atoms with Crippen LogP contribution in [0.1, 0.15) is 0 Å². The number of benzene rings is 9. The number of rotatable bonds is 6. The van der Waals surface area contributed by atoms with Crippen molar-refractivity contribution in [3.63, 3.8) is 0 Å². The lowest BCUT2D eigenvalue weighted by atomic mass is 9.98. The van der Waals surface area contributed by atoms with Gasteiger partial charge in [0.05, 0.1) is 0 Å². The molecule has 0 N–H and O–H groups in total. The second-order valence-corrected chi connectivity index (χ2v) is 15.2. The molecular formula is C52H33NOS. The van der Waals surface area contributed by atoms with Crippen molar-refractivity contribution in [3.8, 4) is 33.4 Å². The maximum absolute atomic E-state index is 6.28. The smallest absolute Gasteiger partial charge is 0.136 e.